The molecule has 86 valence electrons. The molecule has 1 aliphatic rings. The van der Waals surface area contributed by atoms with Gasteiger partial charge in [0.1, 0.15) is 0 Å². The van der Waals surface area contributed by atoms with Crippen LogP contribution in [0.5, 0.6) is 0 Å². The van der Waals surface area contributed by atoms with Gasteiger partial charge < -0.3 is 0 Å². The Morgan fingerprint density at radius 2 is 1.87 bits per heavy atom. The normalized spacial score (nSPS) is 34.9. The van der Waals surface area contributed by atoms with Crippen LogP contribution in [0.4, 0.5) is 0 Å². The van der Waals surface area contributed by atoms with Crippen LogP contribution in [0.25, 0.3) is 0 Å². The van der Waals surface area contributed by atoms with Gasteiger partial charge in [-0.15, -0.1) is 0 Å². The van der Waals surface area contributed by atoms with Crippen molar-refractivity contribution in [3.63, 3.8) is 0 Å². The van der Waals surface area contributed by atoms with Crippen molar-refractivity contribution in [2.45, 2.75) is 66.1 Å². The first kappa shape index (κ1) is 13.1. The zero-order chi connectivity index (χ0) is 11.6. The minimum absolute atomic E-state index is 0.355. The molecule has 0 N–H and O–H groups in total. The molecule has 4 unspecified atom stereocenters. The van der Waals surface area contributed by atoms with E-state index in [-0.39, 0.29) is 0 Å². The topological polar surface area (TPSA) is 0 Å². The van der Waals surface area contributed by atoms with Gasteiger partial charge in [-0.2, -0.15) is 0 Å². The van der Waals surface area contributed by atoms with E-state index >= 15 is 0 Å². The van der Waals surface area contributed by atoms with Crippen LogP contribution in [0.3, 0.4) is 0 Å². The molecule has 0 aromatic carbocycles. The molecule has 0 spiro atoms. The minimum Gasteiger partial charge on any atom is -0.0774 e. The van der Waals surface area contributed by atoms with Gasteiger partial charge in [0.05, 0.1) is 7.85 Å². The summed E-state index contributed by atoms with van der Waals surface area (Å²) < 4.78 is 0. The summed E-state index contributed by atoms with van der Waals surface area (Å²) in [5.74, 6) is 2.76. The Morgan fingerprint density at radius 1 is 1.27 bits per heavy atom. The third-order valence-corrected chi connectivity index (χ3v) is 4.68. The van der Waals surface area contributed by atoms with E-state index in [0.717, 1.165) is 11.8 Å². The molecule has 4 atom stereocenters. The lowest BCUT2D eigenvalue weighted by atomic mass is 9.52. The van der Waals surface area contributed by atoms with Gasteiger partial charge in [0.2, 0.25) is 0 Å². The zero-order valence-corrected chi connectivity index (χ0v) is 11.2. The molecule has 0 aromatic rings. The summed E-state index contributed by atoms with van der Waals surface area (Å²) in [5, 5.41) is 0. The maximum absolute atomic E-state index is 6.02. The van der Waals surface area contributed by atoms with Crippen molar-refractivity contribution >= 4 is 7.85 Å². The highest BCUT2D eigenvalue weighted by atomic mass is 14.5. The molecule has 15 heavy (non-hydrogen) atoms. The fourth-order valence-corrected chi connectivity index (χ4v) is 3.00. The second-order valence-electron chi connectivity index (χ2n) is 6.45. The van der Waals surface area contributed by atoms with Crippen molar-refractivity contribution in [1.82, 2.24) is 0 Å². The van der Waals surface area contributed by atoms with E-state index in [2.05, 4.69) is 34.6 Å². The Bertz CT molecular complexity index is 198. The lowest BCUT2D eigenvalue weighted by Gasteiger charge is -2.52. The van der Waals surface area contributed by atoms with Crippen molar-refractivity contribution in [3.05, 3.63) is 0 Å². The van der Waals surface area contributed by atoms with Crippen molar-refractivity contribution < 1.29 is 0 Å². The first-order chi connectivity index (χ1) is 6.87. The third kappa shape index (κ3) is 3.01. The molecule has 0 aromatic heterocycles. The molecule has 0 saturated heterocycles. The number of hydrogen-bond donors (Lipinski definition) is 0. The number of rotatable bonds is 5. The van der Waals surface area contributed by atoms with E-state index in [9.17, 15) is 0 Å². The maximum atomic E-state index is 6.02. The first-order valence-corrected chi connectivity index (χ1v) is 6.62. The summed E-state index contributed by atoms with van der Waals surface area (Å²) in [6.45, 7) is 11.6. The lowest BCUT2D eigenvalue weighted by Crippen LogP contribution is -2.42. The van der Waals surface area contributed by atoms with Gasteiger partial charge in [-0.1, -0.05) is 46.9 Å². The molecule has 0 aliphatic heterocycles. The molecule has 1 heteroatoms. The van der Waals surface area contributed by atoms with E-state index in [0.29, 0.717) is 17.2 Å². The highest BCUT2D eigenvalue weighted by Gasteiger charge is 2.44. The summed E-state index contributed by atoms with van der Waals surface area (Å²) in [4.78, 5) is 0. The zero-order valence-electron chi connectivity index (χ0n) is 11.2. The van der Waals surface area contributed by atoms with Crippen LogP contribution in [0, 0.1) is 23.2 Å². The van der Waals surface area contributed by atoms with Crippen LogP contribution in [0.2, 0.25) is 5.82 Å². The summed E-state index contributed by atoms with van der Waals surface area (Å²) in [7, 11) is 6.02. The van der Waals surface area contributed by atoms with Crippen LogP contribution in [0.15, 0.2) is 0 Å². The standard InChI is InChI=1S/C14H27B/c1-10(2)6-8-14(5)9-7-13(14)11(3)12(4)15/h10-13H,6-9H2,1-5H3. The molecule has 0 amide bonds. The van der Waals surface area contributed by atoms with E-state index in [1.165, 1.54) is 25.7 Å². The molecule has 1 aliphatic carbocycles. The minimum atomic E-state index is 0.355. The summed E-state index contributed by atoms with van der Waals surface area (Å²) in [6, 6.07) is 0. The van der Waals surface area contributed by atoms with Gasteiger partial charge >= 0.3 is 0 Å². The fourth-order valence-electron chi connectivity index (χ4n) is 3.00. The summed E-state index contributed by atoms with van der Waals surface area (Å²) in [5.41, 5.74) is 0.595. The van der Waals surface area contributed by atoms with Crippen LogP contribution >= 0.6 is 0 Å². The molecular formula is C14H27B. The fraction of sp³-hybridized carbons (Fsp3) is 1.00. The Labute approximate surface area is 97.6 Å². The second-order valence-corrected chi connectivity index (χ2v) is 6.45. The molecule has 1 rings (SSSR count). The molecule has 0 nitrogen and oxygen atoms in total. The SMILES string of the molecule is [B]C(C)C(C)C1CCC1(C)CCC(C)C. The Hall–Kier alpha value is 0.0649. The molecule has 0 heterocycles. The van der Waals surface area contributed by atoms with E-state index < -0.39 is 0 Å². The van der Waals surface area contributed by atoms with Crippen molar-refractivity contribution in [2.24, 2.45) is 23.2 Å². The molecular weight excluding hydrogens is 179 g/mol. The van der Waals surface area contributed by atoms with Crippen molar-refractivity contribution in [3.8, 4) is 0 Å². The summed E-state index contributed by atoms with van der Waals surface area (Å²) in [6.07, 6.45) is 5.59. The smallest absolute Gasteiger partial charge is 0.0699 e. The monoisotopic (exact) mass is 206 g/mol. The molecule has 0 bridgehead atoms. The van der Waals surface area contributed by atoms with Crippen molar-refractivity contribution in [1.29, 1.82) is 0 Å². The van der Waals surface area contributed by atoms with Crippen LogP contribution in [0.1, 0.15) is 60.3 Å². The molecule has 2 radical (unpaired) electrons. The summed E-state index contributed by atoms with van der Waals surface area (Å²) >= 11 is 0. The highest BCUT2D eigenvalue weighted by molar-refractivity contribution is 6.11. The number of hydrogen-bond acceptors (Lipinski definition) is 0. The van der Waals surface area contributed by atoms with Crippen LogP contribution in [-0.4, -0.2) is 7.85 Å². The second kappa shape index (κ2) is 4.93. The largest absolute Gasteiger partial charge is 0.0774 e. The van der Waals surface area contributed by atoms with E-state index in [4.69, 9.17) is 7.85 Å². The first-order valence-electron chi connectivity index (χ1n) is 6.62. The van der Waals surface area contributed by atoms with E-state index in [1.807, 2.05) is 0 Å². The molecule has 1 fully saturated rings. The average molecular weight is 206 g/mol. The van der Waals surface area contributed by atoms with Gasteiger partial charge in [-0.3, -0.25) is 0 Å². The Kier molecular flexibility index (Phi) is 4.32. The maximum Gasteiger partial charge on any atom is 0.0699 e. The van der Waals surface area contributed by atoms with E-state index in [1.54, 1.807) is 0 Å². The van der Waals surface area contributed by atoms with Crippen molar-refractivity contribution in [2.75, 3.05) is 0 Å². The van der Waals surface area contributed by atoms with Crippen LogP contribution < -0.4 is 0 Å². The predicted molar refractivity (Wildman–Crippen MR) is 69.2 cm³/mol. The predicted octanol–water partition coefficient (Wildman–Crippen LogP) is 4.45. The molecule has 1 saturated carbocycles. The highest BCUT2D eigenvalue weighted by Crippen LogP contribution is 2.55. The lowest BCUT2D eigenvalue weighted by molar-refractivity contribution is -0.00499. The average Bonchev–Trinajstić information content (AvgIpc) is 2.12. The van der Waals surface area contributed by atoms with Gasteiger partial charge in [-0.25, -0.2) is 0 Å². The van der Waals surface area contributed by atoms with Crippen LogP contribution in [-0.2, 0) is 0 Å². The van der Waals surface area contributed by atoms with Gasteiger partial charge in [-0.05, 0) is 42.4 Å². The third-order valence-electron chi connectivity index (χ3n) is 4.68. The Morgan fingerprint density at radius 3 is 2.20 bits per heavy atom. The Balaban J connectivity index is 2.47. The van der Waals surface area contributed by atoms with Gasteiger partial charge in [0.15, 0.2) is 0 Å². The van der Waals surface area contributed by atoms with Gasteiger partial charge in [0, 0.05) is 0 Å². The quantitative estimate of drug-likeness (QED) is 0.583. The van der Waals surface area contributed by atoms with Gasteiger partial charge in [0.25, 0.3) is 0 Å².